The van der Waals surface area contributed by atoms with Crippen LogP contribution in [0.3, 0.4) is 0 Å². The Balaban J connectivity index is 1.80. The molecule has 0 saturated heterocycles. The third-order valence-electron chi connectivity index (χ3n) is 9.12. The molecule has 0 heterocycles. The summed E-state index contributed by atoms with van der Waals surface area (Å²) in [5, 5.41) is 21.4. The fourth-order valence-corrected chi connectivity index (χ4v) is 6.74. The molecule has 250 valence electrons. The molecule has 0 aromatic heterocycles. The summed E-state index contributed by atoms with van der Waals surface area (Å²) in [5.74, 6) is 1.26. The van der Waals surface area contributed by atoms with Gasteiger partial charge in [-0.2, -0.15) is 0 Å². The first-order chi connectivity index (χ1) is 20.8. The predicted molar refractivity (Wildman–Crippen MR) is 185 cm³/mol. The first-order valence-corrected chi connectivity index (χ1v) is 17.7. The average molecular weight is 613 g/mol. The molecule has 0 fully saturated rings. The van der Waals surface area contributed by atoms with Gasteiger partial charge in [-0.15, -0.1) is 0 Å². The van der Waals surface area contributed by atoms with E-state index in [0.717, 1.165) is 81.7 Å². The average Bonchev–Trinajstić information content (AvgIpc) is 2.89. The van der Waals surface area contributed by atoms with E-state index >= 15 is 0 Å². The van der Waals surface area contributed by atoms with Gasteiger partial charge in [0.2, 0.25) is 0 Å². The second kappa shape index (κ2) is 18.7. The van der Waals surface area contributed by atoms with Gasteiger partial charge in [0.15, 0.2) is 11.6 Å². The van der Waals surface area contributed by atoms with Crippen molar-refractivity contribution in [2.75, 3.05) is 13.6 Å². The van der Waals surface area contributed by atoms with Gasteiger partial charge in [-0.3, -0.25) is 19.6 Å². The molecule has 6 heteroatoms. The Morgan fingerprint density at radius 1 is 0.636 bits per heavy atom. The molecule has 0 spiro atoms. The van der Waals surface area contributed by atoms with Crippen LogP contribution in [0.4, 0.5) is 0 Å². The predicted octanol–water partition coefficient (Wildman–Crippen LogP) is 10.4. The fourth-order valence-electron chi connectivity index (χ4n) is 6.74. The molecule has 0 aromatic rings. The third kappa shape index (κ3) is 13.4. The maximum atomic E-state index is 13.1. The lowest BCUT2D eigenvalue weighted by Gasteiger charge is -2.30. The SMILES string of the molecule is CN=C(CCCCCCCCC(=NCCCCCCCCC(C)C)C1=C(O)CC(C)(C)CC1=O)C1=C(O)CC(C)(C)CC1=O. The van der Waals surface area contributed by atoms with Crippen molar-refractivity contribution < 1.29 is 19.8 Å². The fraction of sp³-hybridized carbons (Fsp3) is 0.789. The summed E-state index contributed by atoms with van der Waals surface area (Å²) in [5.41, 5.74) is 2.11. The van der Waals surface area contributed by atoms with Crippen molar-refractivity contribution in [1.82, 2.24) is 0 Å². The zero-order valence-electron chi connectivity index (χ0n) is 29.3. The first-order valence-electron chi connectivity index (χ1n) is 17.7. The molecule has 0 amide bonds. The van der Waals surface area contributed by atoms with Gasteiger partial charge in [0.25, 0.3) is 0 Å². The molecule has 0 unspecified atom stereocenters. The van der Waals surface area contributed by atoms with E-state index in [1.807, 2.05) is 27.7 Å². The number of carbonyl (C=O) groups is 2. The molecule has 2 rings (SSSR count). The molecular weight excluding hydrogens is 548 g/mol. The summed E-state index contributed by atoms with van der Waals surface area (Å²) in [6.07, 6.45) is 18.3. The Kier molecular flexibility index (Phi) is 16.1. The minimum Gasteiger partial charge on any atom is -0.511 e. The second-order valence-corrected chi connectivity index (χ2v) is 15.4. The van der Waals surface area contributed by atoms with Gasteiger partial charge in [0.1, 0.15) is 11.5 Å². The second-order valence-electron chi connectivity index (χ2n) is 15.4. The molecule has 2 aliphatic carbocycles. The molecule has 0 saturated carbocycles. The number of carbonyl (C=O) groups excluding carboxylic acids is 2. The number of allylic oxidation sites excluding steroid dienone is 4. The Labute approximate surface area is 269 Å². The Bertz CT molecular complexity index is 1070. The minimum atomic E-state index is -0.205. The van der Waals surface area contributed by atoms with Crippen molar-refractivity contribution in [2.24, 2.45) is 26.7 Å². The number of aliphatic hydroxyl groups excluding tert-OH is 2. The molecule has 2 N–H and O–H groups in total. The maximum Gasteiger partial charge on any atom is 0.168 e. The summed E-state index contributed by atoms with van der Waals surface area (Å²) in [6.45, 7) is 13.4. The van der Waals surface area contributed by atoms with Gasteiger partial charge in [-0.25, -0.2) is 0 Å². The van der Waals surface area contributed by atoms with E-state index in [0.29, 0.717) is 43.3 Å². The Morgan fingerprint density at radius 2 is 1.05 bits per heavy atom. The summed E-state index contributed by atoms with van der Waals surface area (Å²) >= 11 is 0. The van der Waals surface area contributed by atoms with Gasteiger partial charge >= 0.3 is 0 Å². The van der Waals surface area contributed by atoms with Crippen LogP contribution >= 0.6 is 0 Å². The topological polar surface area (TPSA) is 99.3 Å². The highest BCUT2D eigenvalue weighted by molar-refractivity contribution is 6.24. The lowest BCUT2D eigenvalue weighted by molar-refractivity contribution is -0.118. The lowest BCUT2D eigenvalue weighted by Crippen LogP contribution is -2.29. The number of hydrogen-bond donors (Lipinski definition) is 2. The molecule has 0 radical (unpaired) electrons. The van der Waals surface area contributed by atoms with Gasteiger partial charge in [-0.1, -0.05) is 106 Å². The monoisotopic (exact) mass is 612 g/mol. The van der Waals surface area contributed by atoms with Crippen molar-refractivity contribution in [1.29, 1.82) is 0 Å². The summed E-state index contributed by atoms with van der Waals surface area (Å²) in [6, 6.07) is 0. The molecule has 0 aromatic carbocycles. The van der Waals surface area contributed by atoms with Crippen LogP contribution in [-0.2, 0) is 9.59 Å². The highest BCUT2D eigenvalue weighted by atomic mass is 16.3. The van der Waals surface area contributed by atoms with Gasteiger partial charge in [0.05, 0.1) is 11.1 Å². The number of aliphatic hydroxyl groups is 2. The Hall–Kier alpha value is -2.24. The summed E-state index contributed by atoms with van der Waals surface area (Å²) in [7, 11) is 1.71. The number of aliphatic imine (C=N–C) groups is 2. The highest BCUT2D eigenvalue weighted by Gasteiger charge is 2.35. The normalized spacial score (nSPS) is 19.5. The van der Waals surface area contributed by atoms with Crippen molar-refractivity contribution in [3.63, 3.8) is 0 Å². The summed E-state index contributed by atoms with van der Waals surface area (Å²) < 4.78 is 0. The van der Waals surface area contributed by atoms with E-state index in [1.54, 1.807) is 7.05 Å². The molecular formula is C38H64N2O4. The van der Waals surface area contributed by atoms with Gasteiger partial charge < -0.3 is 10.2 Å². The minimum absolute atomic E-state index is 0.00933. The molecule has 44 heavy (non-hydrogen) atoms. The number of ketones is 2. The van der Waals surface area contributed by atoms with Crippen molar-refractivity contribution in [2.45, 2.75) is 164 Å². The van der Waals surface area contributed by atoms with E-state index in [1.165, 1.54) is 32.1 Å². The molecule has 2 aliphatic rings. The van der Waals surface area contributed by atoms with Crippen LogP contribution in [0, 0.1) is 16.7 Å². The zero-order chi connectivity index (χ0) is 32.8. The van der Waals surface area contributed by atoms with Crippen LogP contribution in [0.25, 0.3) is 0 Å². The largest absolute Gasteiger partial charge is 0.511 e. The number of unbranched alkanes of at least 4 members (excludes halogenated alkanes) is 10. The summed E-state index contributed by atoms with van der Waals surface area (Å²) in [4.78, 5) is 35.0. The Morgan fingerprint density at radius 3 is 1.50 bits per heavy atom. The van der Waals surface area contributed by atoms with E-state index in [2.05, 4.69) is 18.8 Å². The standard InChI is InChI=1S/C38H64N2O4/c1-28(2)20-16-12-10-11-15-19-23-40-30(36-33(43)26-38(5,6)27-34(36)44)22-18-14-9-8-13-17-21-29(39-7)35-31(41)24-37(3,4)25-32(35)42/h28,41,43H,8-27H2,1-7H3. The smallest absolute Gasteiger partial charge is 0.168 e. The van der Waals surface area contributed by atoms with Gasteiger partial charge in [0, 0.05) is 50.7 Å². The first kappa shape index (κ1) is 37.9. The number of rotatable bonds is 20. The van der Waals surface area contributed by atoms with Crippen LogP contribution in [-0.4, -0.2) is 46.8 Å². The van der Waals surface area contributed by atoms with Gasteiger partial charge in [-0.05, 0) is 48.9 Å². The van der Waals surface area contributed by atoms with E-state index in [-0.39, 0.29) is 33.9 Å². The molecule has 0 aliphatic heterocycles. The highest BCUT2D eigenvalue weighted by Crippen LogP contribution is 2.38. The van der Waals surface area contributed by atoms with Crippen molar-refractivity contribution in [3.8, 4) is 0 Å². The maximum absolute atomic E-state index is 13.1. The van der Waals surface area contributed by atoms with Crippen LogP contribution < -0.4 is 0 Å². The molecule has 6 nitrogen and oxygen atoms in total. The number of nitrogens with zero attached hydrogens (tertiary/aromatic N) is 2. The number of hydrogen-bond acceptors (Lipinski definition) is 6. The van der Waals surface area contributed by atoms with E-state index in [9.17, 15) is 19.8 Å². The van der Waals surface area contributed by atoms with Crippen LogP contribution in [0.15, 0.2) is 32.6 Å². The van der Waals surface area contributed by atoms with Crippen LogP contribution in [0.2, 0.25) is 0 Å². The molecule has 0 atom stereocenters. The molecule has 0 bridgehead atoms. The number of Topliss-reactive ketones (excluding diaryl/α,β-unsaturated/α-hetero) is 2. The van der Waals surface area contributed by atoms with Crippen LogP contribution in [0.1, 0.15) is 164 Å². The van der Waals surface area contributed by atoms with E-state index < -0.39 is 0 Å². The van der Waals surface area contributed by atoms with Crippen molar-refractivity contribution >= 4 is 23.0 Å². The third-order valence-corrected chi connectivity index (χ3v) is 9.12. The van der Waals surface area contributed by atoms with Crippen LogP contribution in [0.5, 0.6) is 0 Å². The zero-order valence-corrected chi connectivity index (χ0v) is 29.3. The lowest BCUT2D eigenvalue weighted by atomic mass is 9.75. The quantitative estimate of drug-likeness (QED) is 0.105. The van der Waals surface area contributed by atoms with E-state index in [4.69, 9.17) is 4.99 Å². The van der Waals surface area contributed by atoms with Crippen molar-refractivity contribution in [3.05, 3.63) is 22.7 Å².